The van der Waals surface area contributed by atoms with E-state index in [1.807, 2.05) is 25.7 Å². The average molecular weight is 322 g/mol. The molecule has 0 saturated carbocycles. The Morgan fingerprint density at radius 1 is 1.39 bits per heavy atom. The first-order chi connectivity index (χ1) is 10.9. The van der Waals surface area contributed by atoms with Gasteiger partial charge in [0.05, 0.1) is 18.7 Å². The summed E-state index contributed by atoms with van der Waals surface area (Å²) in [6.45, 7) is 8.35. The molecule has 0 aromatic heterocycles. The van der Waals surface area contributed by atoms with Crippen molar-refractivity contribution in [2.24, 2.45) is 5.92 Å². The quantitative estimate of drug-likeness (QED) is 0.875. The number of aliphatic hydroxyl groups excluding tert-OH is 1. The van der Waals surface area contributed by atoms with E-state index in [-0.39, 0.29) is 29.8 Å². The largest absolute Gasteiger partial charge is 0.393 e. The predicted octanol–water partition coefficient (Wildman–Crippen LogP) is 2.44. The van der Waals surface area contributed by atoms with E-state index < -0.39 is 0 Å². The molecule has 1 aromatic rings. The number of hydrogen-bond acceptors (Lipinski definition) is 3. The maximum absolute atomic E-state index is 13.1. The van der Waals surface area contributed by atoms with Crippen molar-refractivity contribution in [3.8, 4) is 0 Å². The molecule has 1 heterocycles. The molecule has 3 unspecified atom stereocenters. The SMILES string of the molecule is CCN(C(=O)CN1CCC(C(C)O)C1)C(C)c1ccc(F)cc1. The van der Waals surface area contributed by atoms with Crippen LogP contribution in [0.5, 0.6) is 0 Å². The van der Waals surface area contributed by atoms with E-state index in [0.717, 1.165) is 25.1 Å². The van der Waals surface area contributed by atoms with Gasteiger partial charge in [-0.2, -0.15) is 0 Å². The first-order valence-corrected chi connectivity index (χ1v) is 8.37. The number of carbonyl (C=O) groups is 1. The van der Waals surface area contributed by atoms with Crippen LogP contribution in [-0.4, -0.2) is 53.1 Å². The van der Waals surface area contributed by atoms with Crippen molar-refractivity contribution in [3.05, 3.63) is 35.6 Å². The number of likely N-dealkylation sites (N-methyl/N-ethyl adjacent to an activating group) is 1. The van der Waals surface area contributed by atoms with E-state index in [0.29, 0.717) is 13.1 Å². The van der Waals surface area contributed by atoms with E-state index in [4.69, 9.17) is 0 Å². The maximum atomic E-state index is 13.1. The minimum atomic E-state index is -0.324. The number of aliphatic hydroxyl groups is 1. The van der Waals surface area contributed by atoms with Crippen molar-refractivity contribution in [2.75, 3.05) is 26.2 Å². The minimum Gasteiger partial charge on any atom is -0.393 e. The highest BCUT2D eigenvalue weighted by atomic mass is 19.1. The summed E-state index contributed by atoms with van der Waals surface area (Å²) < 4.78 is 13.1. The van der Waals surface area contributed by atoms with E-state index in [9.17, 15) is 14.3 Å². The lowest BCUT2D eigenvalue weighted by Gasteiger charge is -2.30. The Balaban J connectivity index is 1.97. The third-order valence-electron chi connectivity index (χ3n) is 4.83. The Morgan fingerprint density at radius 2 is 2.04 bits per heavy atom. The first-order valence-electron chi connectivity index (χ1n) is 8.37. The molecule has 23 heavy (non-hydrogen) atoms. The van der Waals surface area contributed by atoms with Crippen LogP contribution in [0.4, 0.5) is 4.39 Å². The van der Waals surface area contributed by atoms with Gasteiger partial charge in [-0.1, -0.05) is 12.1 Å². The molecular weight excluding hydrogens is 295 g/mol. The highest BCUT2D eigenvalue weighted by Gasteiger charge is 2.29. The fourth-order valence-electron chi connectivity index (χ4n) is 3.27. The lowest BCUT2D eigenvalue weighted by Crippen LogP contribution is -2.41. The zero-order valence-electron chi connectivity index (χ0n) is 14.2. The van der Waals surface area contributed by atoms with Crippen LogP contribution in [0.25, 0.3) is 0 Å². The molecule has 0 radical (unpaired) electrons. The van der Waals surface area contributed by atoms with E-state index in [1.165, 1.54) is 12.1 Å². The number of nitrogens with zero attached hydrogens (tertiary/aromatic N) is 2. The van der Waals surface area contributed by atoms with Gasteiger partial charge >= 0.3 is 0 Å². The molecule has 0 aliphatic carbocycles. The number of carbonyl (C=O) groups excluding carboxylic acids is 1. The van der Waals surface area contributed by atoms with E-state index in [2.05, 4.69) is 4.90 Å². The molecule has 0 spiro atoms. The van der Waals surface area contributed by atoms with Crippen LogP contribution >= 0.6 is 0 Å². The summed E-state index contributed by atoms with van der Waals surface area (Å²) in [7, 11) is 0. The molecule has 1 aliphatic heterocycles. The van der Waals surface area contributed by atoms with Crippen LogP contribution in [0.1, 0.15) is 38.8 Å². The smallest absolute Gasteiger partial charge is 0.237 e. The average Bonchev–Trinajstić information content (AvgIpc) is 2.97. The molecule has 4 nitrogen and oxygen atoms in total. The van der Waals surface area contributed by atoms with Gasteiger partial charge in [0.15, 0.2) is 0 Å². The molecule has 5 heteroatoms. The van der Waals surface area contributed by atoms with Crippen LogP contribution in [-0.2, 0) is 4.79 Å². The van der Waals surface area contributed by atoms with Crippen LogP contribution < -0.4 is 0 Å². The maximum Gasteiger partial charge on any atom is 0.237 e. The number of hydrogen-bond donors (Lipinski definition) is 1. The topological polar surface area (TPSA) is 43.8 Å². The summed E-state index contributed by atoms with van der Waals surface area (Å²) in [5, 5.41) is 9.67. The molecule has 1 aromatic carbocycles. The van der Waals surface area contributed by atoms with Crippen molar-refractivity contribution in [1.29, 1.82) is 0 Å². The van der Waals surface area contributed by atoms with Gasteiger partial charge in [-0.05, 0) is 57.4 Å². The Labute approximate surface area is 137 Å². The van der Waals surface area contributed by atoms with E-state index >= 15 is 0 Å². The van der Waals surface area contributed by atoms with Crippen LogP contribution in [0.15, 0.2) is 24.3 Å². The Hall–Kier alpha value is -1.46. The van der Waals surface area contributed by atoms with Crippen molar-refractivity contribution >= 4 is 5.91 Å². The number of rotatable bonds is 6. The second kappa shape index (κ2) is 7.88. The van der Waals surface area contributed by atoms with Gasteiger partial charge in [0, 0.05) is 13.1 Å². The van der Waals surface area contributed by atoms with Crippen LogP contribution in [0.3, 0.4) is 0 Å². The summed E-state index contributed by atoms with van der Waals surface area (Å²) in [5.41, 5.74) is 0.935. The highest BCUT2D eigenvalue weighted by Crippen LogP contribution is 2.23. The summed E-state index contributed by atoms with van der Waals surface area (Å²) in [6, 6.07) is 6.24. The second-order valence-corrected chi connectivity index (χ2v) is 6.43. The number of amides is 1. The van der Waals surface area contributed by atoms with Gasteiger partial charge in [-0.3, -0.25) is 9.69 Å². The van der Waals surface area contributed by atoms with E-state index in [1.54, 1.807) is 12.1 Å². The van der Waals surface area contributed by atoms with Gasteiger partial charge < -0.3 is 10.0 Å². The van der Waals surface area contributed by atoms with Gasteiger partial charge in [-0.25, -0.2) is 4.39 Å². The van der Waals surface area contributed by atoms with Gasteiger partial charge in [-0.15, -0.1) is 0 Å². The summed E-state index contributed by atoms with van der Waals surface area (Å²) in [4.78, 5) is 16.6. The van der Waals surface area contributed by atoms with Crippen LogP contribution in [0.2, 0.25) is 0 Å². The number of likely N-dealkylation sites (tertiary alicyclic amines) is 1. The van der Waals surface area contributed by atoms with Gasteiger partial charge in [0.25, 0.3) is 0 Å². The Morgan fingerprint density at radius 3 is 2.57 bits per heavy atom. The molecular formula is C18H27FN2O2. The molecule has 3 atom stereocenters. The highest BCUT2D eigenvalue weighted by molar-refractivity contribution is 5.78. The normalized spacial score (nSPS) is 21.2. The lowest BCUT2D eigenvalue weighted by atomic mass is 10.0. The van der Waals surface area contributed by atoms with Gasteiger partial charge in [0.2, 0.25) is 5.91 Å². The third kappa shape index (κ3) is 4.52. The summed E-state index contributed by atoms with van der Waals surface area (Å²) in [5.74, 6) is 0.0690. The van der Waals surface area contributed by atoms with Crippen molar-refractivity contribution < 1.29 is 14.3 Å². The third-order valence-corrected chi connectivity index (χ3v) is 4.83. The van der Waals surface area contributed by atoms with Crippen molar-refractivity contribution in [2.45, 2.75) is 39.3 Å². The molecule has 0 bridgehead atoms. The van der Waals surface area contributed by atoms with Crippen LogP contribution in [0, 0.1) is 11.7 Å². The zero-order valence-corrected chi connectivity index (χ0v) is 14.2. The zero-order chi connectivity index (χ0) is 17.0. The second-order valence-electron chi connectivity index (χ2n) is 6.43. The van der Waals surface area contributed by atoms with Crippen molar-refractivity contribution in [3.63, 3.8) is 0 Å². The predicted molar refractivity (Wildman–Crippen MR) is 88.4 cm³/mol. The molecule has 1 amide bonds. The Bertz CT molecular complexity index is 518. The lowest BCUT2D eigenvalue weighted by molar-refractivity contribution is -0.134. The molecule has 1 N–H and O–H groups in total. The fourth-order valence-corrected chi connectivity index (χ4v) is 3.27. The first kappa shape index (κ1) is 17.9. The summed E-state index contributed by atoms with van der Waals surface area (Å²) in [6.07, 6.45) is 0.612. The Kier molecular flexibility index (Phi) is 6.13. The van der Waals surface area contributed by atoms with Gasteiger partial charge in [0.1, 0.15) is 5.82 Å². The minimum absolute atomic E-state index is 0.0792. The molecule has 1 saturated heterocycles. The molecule has 1 fully saturated rings. The number of halogens is 1. The molecule has 2 rings (SSSR count). The number of benzene rings is 1. The fraction of sp³-hybridized carbons (Fsp3) is 0.611. The van der Waals surface area contributed by atoms with Crippen molar-refractivity contribution in [1.82, 2.24) is 9.80 Å². The molecule has 128 valence electrons. The summed E-state index contributed by atoms with van der Waals surface area (Å²) >= 11 is 0. The molecule has 1 aliphatic rings. The standard InChI is InChI=1S/C18H27FN2O2/c1-4-21(13(2)15-5-7-17(19)8-6-15)18(23)12-20-10-9-16(11-20)14(3)22/h5-8,13-14,16,22H,4,9-12H2,1-3H3. The monoisotopic (exact) mass is 322 g/mol.